The van der Waals surface area contributed by atoms with Crippen LogP contribution in [-0.2, 0) is 0 Å². The smallest absolute Gasteiger partial charge is 0.0251 e. The van der Waals surface area contributed by atoms with E-state index in [1.54, 1.807) is 0 Å². The lowest BCUT2D eigenvalue weighted by Gasteiger charge is -2.02. The van der Waals surface area contributed by atoms with Crippen molar-refractivity contribution in [2.75, 3.05) is 0 Å². The molecule has 0 radical (unpaired) electrons. The van der Waals surface area contributed by atoms with Gasteiger partial charge in [-0.25, -0.2) is 0 Å². The van der Waals surface area contributed by atoms with Gasteiger partial charge in [-0.3, -0.25) is 0 Å². The van der Waals surface area contributed by atoms with E-state index in [1.165, 1.54) is 11.1 Å². The van der Waals surface area contributed by atoms with Crippen molar-refractivity contribution in [3.8, 4) is 11.8 Å². The van der Waals surface area contributed by atoms with Crippen LogP contribution >= 0.6 is 0 Å². The Morgan fingerprint density at radius 3 is 2.37 bits per heavy atom. The SMILES string of the molecule is C/C=C\C(=C/C)c1cccc(C#CC(C)C)c1.CC. The molecule has 0 bridgehead atoms. The van der Waals surface area contributed by atoms with E-state index in [1.807, 2.05) is 20.8 Å². The standard InChI is InChI=1S/C17H20.C2H6/c1-5-8-16(6-2)17-10-7-9-15(13-17)12-11-14(3)4;1-2/h5-10,13-14H,1-4H3;1-2H3/b8-5-,16-6+;. The lowest BCUT2D eigenvalue weighted by atomic mass is 10.0. The minimum absolute atomic E-state index is 0.412. The first kappa shape index (κ1) is 17.3. The Labute approximate surface area is 119 Å². The molecule has 0 atom stereocenters. The van der Waals surface area contributed by atoms with Gasteiger partial charge in [0.15, 0.2) is 0 Å². The van der Waals surface area contributed by atoms with Crippen LogP contribution in [-0.4, -0.2) is 0 Å². The number of benzene rings is 1. The fourth-order valence-electron chi connectivity index (χ4n) is 1.54. The summed E-state index contributed by atoms with van der Waals surface area (Å²) < 4.78 is 0. The molecular formula is C19H26. The fourth-order valence-corrected chi connectivity index (χ4v) is 1.54. The van der Waals surface area contributed by atoms with Gasteiger partial charge in [0.25, 0.3) is 0 Å². The molecule has 0 nitrogen and oxygen atoms in total. The zero-order valence-corrected chi connectivity index (χ0v) is 13.1. The number of hydrogen-bond donors (Lipinski definition) is 0. The normalized spacial score (nSPS) is 10.8. The molecule has 1 aromatic rings. The monoisotopic (exact) mass is 254 g/mol. The Morgan fingerprint density at radius 1 is 1.16 bits per heavy atom. The first-order valence-corrected chi connectivity index (χ1v) is 7.08. The maximum Gasteiger partial charge on any atom is 0.0251 e. The third kappa shape index (κ3) is 6.67. The summed E-state index contributed by atoms with van der Waals surface area (Å²) in [6.45, 7) is 12.3. The van der Waals surface area contributed by atoms with Crippen LogP contribution in [0.4, 0.5) is 0 Å². The third-order valence-electron chi connectivity index (χ3n) is 2.36. The van der Waals surface area contributed by atoms with E-state index >= 15 is 0 Å². The summed E-state index contributed by atoms with van der Waals surface area (Å²) >= 11 is 0. The summed E-state index contributed by atoms with van der Waals surface area (Å²) in [6, 6.07) is 8.38. The molecule has 0 aromatic heterocycles. The molecule has 0 amide bonds. The Kier molecular flexibility index (Phi) is 9.27. The van der Waals surface area contributed by atoms with Crippen LogP contribution in [0.3, 0.4) is 0 Å². The number of allylic oxidation sites excluding steroid dienone is 4. The van der Waals surface area contributed by atoms with Gasteiger partial charge in [-0.15, -0.1) is 0 Å². The number of hydrogen-bond acceptors (Lipinski definition) is 0. The summed E-state index contributed by atoms with van der Waals surface area (Å²) in [5, 5.41) is 0. The van der Waals surface area contributed by atoms with Crippen LogP contribution in [0.25, 0.3) is 5.57 Å². The Hall–Kier alpha value is -1.74. The molecule has 0 spiro atoms. The fraction of sp³-hybridized carbons (Fsp3) is 0.368. The molecular weight excluding hydrogens is 228 g/mol. The van der Waals surface area contributed by atoms with Crippen molar-refractivity contribution in [1.29, 1.82) is 0 Å². The molecule has 1 aromatic carbocycles. The highest BCUT2D eigenvalue weighted by atomic mass is 14.0. The molecule has 0 saturated heterocycles. The minimum Gasteiger partial charge on any atom is -0.0951 e. The average Bonchev–Trinajstić information content (AvgIpc) is 2.45. The number of rotatable bonds is 2. The maximum absolute atomic E-state index is 3.20. The summed E-state index contributed by atoms with van der Waals surface area (Å²) in [7, 11) is 0. The van der Waals surface area contributed by atoms with Gasteiger partial charge in [0.1, 0.15) is 0 Å². The van der Waals surface area contributed by atoms with Gasteiger partial charge in [-0.2, -0.15) is 0 Å². The predicted octanol–water partition coefficient (Wildman–Crippen LogP) is 5.70. The van der Waals surface area contributed by atoms with Crippen molar-refractivity contribution >= 4 is 5.57 Å². The predicted molar refractivity (Wildman–Crippen MR) is 88.0 cm³/mol. The van der Waals surface area contributed by atoms with Crippen LogP contribution in [0.2, 0.25) is 0 Å². The van der Waals surface area contributed by atoms with Crippen molar-refractivity contribution in [1.82, 2.24) is 0 Å². The zero-order valence-electron chi connectivity index (χ0n) is 13.1. The quantitative estimate of drug-likeness (QED) is 0.469. The van der Waals surface area contributed by atoms with Gasteiger partial charge < -0.3 is 0 Å². The van der Waals surface area contributed by atoms with E-state index in [2.05, 4.69) is 75.1 Å². The van der Waals surface area contributed by atoms with Gasteiger partial charge in [-0.1, -0.05) is 69.9 Å². The molecule has 0 aliphatic rings. The largest absolute Gasteiger partial charge is 0.0951 e. The van der Waals surface area contributed by atoms with Gasteiger partial charge >= 0.3 is 0 Å². The molecule has 0 saturated carbocycles. The van der Waals surface area contributed by atoms with Crippen molar-refractivity contribution in [3.05, 3.63) is 53.6 Å². The molecule has 0 heteroatoms. The zero-order chi connectivity index (χ0) is 14.7. The topological polar surface area (TPSA) is 0 Å². The Bertz CT molecular complexity index is 476. The first-order valence-electron chi connectivity index (χ1n) is 7.08. The summed E-state index contributed by atoms with van der Waals surface area (Å²) in [6.07, 6.45) is 6.30. The summed E-state index contributed by atoms with van der Waals surface area (Å²) in [5.74, 6) is 6.81. The van der Waals surface area contributed by atoms with Gasteiger partial charge in [-0.05, 0) is 37.1 Å². The second kappa shape index (κ2) is 10.2. The Balaban J connectivity index is 0.00000154. The average molecular weight is 254 g/mol. The van der Waals surface area contributed by atoms with Crippen LogP contribution in [0.15, 0.2) is 42.5 Å². The molecule has 0 heterocycles. The lowest BCUT2D eigenvalue weighted by Crippen LogP contribution is -1.84. The van der Waals surface area contributed by atoms with Gasteiger partial charge in [0, 0.05) is 11.5 Å². The molecule has 0 aliphatic carbocycles. The summed E-state index contributed by atoms with van der Waals surface area (Å²) in [4.78, 5) is 0. The molecule has 102 valence electrons. The van der Waals surface area contributed by atoms with Crippen molar-refractivity contribution in [3.63, 3.8) is 0 Å². The van der Waals surface area contributed by atoms with Crippen LogP contribution in [0.5, 0.6) is 0 Å². The highest BCUT2D eigenvalue weighted by molar-refractivity contribution is 5.74. The van der Waals surface area contributed by atoms with E-state index in [9.17, 15) is 0 Å². The van der Waals surface area contributed by atoms with Gasteiger partial charge in [0.2, 0.25) is 0 Å². The summed E-state index contributed by atoms with van der Waals surface area (Å²) in [5.41, 5.74) is 3.54. The van der Waals surface area contributed by atoms with Crippen LogP contribution in [0.1, 0.15) is 52.7 Å². The highest BCUT2D eigenvalue weighted by Gasteiger charge is 1.97. The molecule has 1 rings (SSSR count). The second-order valence-corrected chi connectivity index (χ2v) is 4.25. The maximum atomic E-state index is 3.20. The third-order valence-corrected chi connectivity index (χ3v) is 2.36. The second-order valence-electron chi connectivity index (χ2n) is 4.25. The van der Waals surface area contributed by atoms with E-state index in [0.29, 0.717) is 5.92 Å². The Morgan fingerprint density at radius 2 is 1.84 bits per heavy atom. The first-order chi connectivity index (χ1) is 9.17. The van der Waals surface area contributed by atoms with E-state index in [-0.39, 0.29) is 0 Å². The van der Waals surface area contributed by atoms with Gasteiger partial charge in [0.05, 0.1) is 0 Å². The van der Waals surface area contributed by atoms with E-state index in [0.717, 1.165) is 5.56 Å². The van der Waals surface area contributed by atoms with Crippen molar-refractivity contribution in [2.45, 2.75) is 41.5 Å². The van der Waals surface area contributed by atoms with E-state index < -0.39 is 0 Å². The minimum atomic E-state index is 0.412. The lowest BCUT2D eigenvalue weighted by molar-refractivity contribution is 0.866. The van der Waals surface area contributed by atoms with E-state index in [4.69, 9.17) is 0 Å². The van der Waals surface area contributed by atoms with Crippen molar-refractivity contribution < 1.29 is 0 Å². The highest BCUT2D eigenvalue weighted by Crippen LogP contribution is 2.17. The molecule has 0 N–H and O–H groups in total. The van der Waals surface area contributed by atoms with Crippen LogP contribution < -0.4 is 0 Å². The van der Waals surface area contributed by atoms with Crippen LogP contribution in [0, 0.1) is 17.8 Å². The van der Waals surface area contributed by atoms with Crippen molar-refractivity contribution in [2.24, 2.45) is 5.92 Å². The molecule has 0 fully saturated rings. The molecule has 0 aliphatic heterocycles. The molecule has 19 heavy (non-hydrogen) atoms. The molecule has 0 unspecified atom stereocenters.